The van der Waals surface area contributed by atoms with Crippen molar-refractivity contribution in [1.82, 2.24) is 0 Å². The van der Waals surface area contributed by atoms with Gasteiger partial charge in [0.15, 0.2) is 0 Å². The topological polar surface area (TPSA) is 9.23 Å². The first-order chi connectivity index (χ1) is 9.38. The molecule has 7 heteroatoms. The van der Waals surface area contributed by atoms with Gasteiger partial charge in [-0.2, -0.15) is 0 Å². The van der Waals surface area contributed by atoms with Crippen LogP contribution in [0.15, 0.2) is 42.5 Å². The van der Waals surface area contributed by atoms with Crippen LogP contribution in [0.1, 0.15) is 5.56 Å². The van der Waals surface area contributed by atoms with Crippen molar-refractivity contribution in [2.24, 2.45) is 0 Å². The van der Waals surface area contributed by atoms with Gasteiger partial charge in [-0.05, 0) is 12.1 Å². The van der Waals surface area contributed by atoms with Crippen LogP contribution in [0, 0.1) is 11.6 Å². The first-order valence-corrected chi connectivity index (χ1v) is 5.73. The number of hydrogen-bond donors (Lipinski definition) is 0. The summed E-state index contributed by atoms with van der Waals surface area (Å²) < 4.78 is 69.6. The van der Waals surface area contributed by atoms with Crippen molar-refractivity contribution in [2.75, 3.05) is 0 Å². The number of halogens is 5. The SMILES string of the molecule is Fc1ccc([B-](F)(F)F)c(OCc2ccccc2F)c1. The van der Waals surface area contributed by atoms with Crippen LogP contribution in [0.3, 0.4) is 0 Å². The zero-order chi connectivity index (χ0) is 14.8. The smallest absolute Gasteiger partial charge is 0.492 e. The van der Waals surface area contributed by atoms with E-state index in [9.17, 15) is 21.7 Å². The highest BCUT2D eigenvalue weighted by molar-refractivity contribution is 6.74. The van der Waals surface area contributed by atoms with E-state index in [0.29, 0.717) is 18.2 Å². The van der Waals surface area contributed by atoms with Gasteiger partial charge >= 0.3 is 6.98 Å². The van der Waals surface area contributed by atoms with E-state index in [0.717, 1.165) is 0 Å². The lowest BCUT2D eigenvalue weighted by molar-refractivity contribution is 0.299. The van der Waals surface area contributed by atoms with Crippen molar-refractivity contribution in [3.05, 3.63) is 59.7 Å². The van der Waals surface area contributed by atoms with Crippen molar-refractivity contribution in [1.29, 1.82) is 0 Å². The van der Waals surface area contributed by atoms with Gasteiger partial charge in [0.05, 0.1) is 5.75 Å². The van der Waals surface area contributed by atoms with Crippen molar-refractivity contribution in [3.8, 4) is 5.75 Å². The molecule has 106 valence electrons. The summed E-state index contributed by atoms with van der Waals surface area (Å²) in [6.07, 6.45) is 0. The van der Waals surface area contributed by atoms with Crippen LogP contribution < -0.4 is 10.2 Å². The van der Waals surface area contributed by atoms with Crippen molar-refractivity contribution in [3.63, 3.8) is 0 Å². The maximum atomic E-state index is 13.3. The highest BCUT2D eigenvalue weighted by Crippen LogP contribution is 2.20. The summed E-state index contributed by atoms with van der Waals surface area (Å²) in [4.78, 5) is 0. The fourth-order valence-electron chi connectivity index (χ4n) is 1.67. The van der Waals surface area contributed by atoms with Crippen LogP contribution in [-0.4, -0.2) is 6.98 Å². The Kier molecular flexibility index (Phi) is 3.97. The van der Waals surface area contributed by atoms with Gasteiger partial charge in [0, 0.05) is 11.6 Å². The summed E-state index contributed by atoms with van der Waals surface area (Å²) in [6, 6.07) is 7.50. The fraction of sp³-hybridized carbons (Fsp3) is 0.0769. The molecule has 0 amide bonds. The minimum Gasteiger partial charge on any atom is -0.492 e. The first-order valence-electron chi connectivity index (χ1n) is 5.73. The first kappa shape index (κ1) is 14.4. The Bertz CT molecular complexity index is 612. The fourth-order valence-corrected chi connectivity index (χ4v) is 1.67. The van der Waals surface area contributed by atoms with Crippen LogP contribution in [0.25, 0.3) is 0 Å². The quantitative estimate of drug-likeness (QED) is 0.616. The normalized spacial score (nSPS) is 11.4. The summed E-state index contributed by atoms with van der Waals surface area (Å²) in [5.74, 6) is -2.08. The van der Waals surface area contributed by atoms with Crippen LogP contribution >= 0.6 is 0 Å². The zero-order valence-electron chi connectivity index (χ0n) is 10.1. The zero-order valence-corrected chi connectivity index (χ0v) is 10.1. The molecule has 0 N–H and O–H groups in total. The van der Waals surface area contributed by atoms with E-state index in [1.54, 1.807) is 0 Å². The van der Waals surface area contributed by atoms with Crippen LogP contribution in [0.2, 0.25) is 0 Å². The monoisotopic (exact) mass is 287 g/mol. The van der Waals surface area contributed by atoms with E-state index in [1.165, 1.54) is 24.3 Å². The highest BCUT2D eigenvalue weighted by atomic mass is 19.4. The predicted molar refractivity (Wildman–Crippen MR) is 65.8 cm³/mol. The Morgan fingerprint density at radius 2 is 1.65 bits per heavy atom. The van der Waals surface area contributed by atoms with Gasteiger partial charge in [-0.1, -0.05) is 29.7 Å². The summed E-state index contributed by atoms with van der Waals surface area (Å²) in [5, 5.41) is 0. The molecule has 0 aromatic heterocycles. The van der Waals surface area contributed by atoms with Crippen molar-refractivity contribution >= 4 is 12.4 Å². The molecule has 0 aliphatic rings. The highest BCUT2D eigenvalue weighted by Gasteiger charge is 2.29. The van der Waals surface area contributed by atoms with Crippen molar-refractivity contribution in [2.45, 2.75) is 6.61 Å². The van der Waals surface area contributed by atoms with Gasteiger partial charge < -0.3 is 17.7 Å². The molecule has 0 fully saturated rings. The van der Waals surface area contributed by atoms with Gasteiger partial charge in [-0.25, -0.2) is 8.78 Å². The van der Waals surface area contributed by atoms with Gasteiger partial charge in [-0.15, -0.1) is 0 Å². The molecule has 0 unspecified atom stereocenters. The summed E-state index contributed by atoms with van der Waals surface area (Å²) >= 11 is 0. The second-order valence-corrected chi connectivity index (χ2v) is 4.14. The lowest BCUT2D eigenvalue weighted by atomic mass is 9.79. The maximum absolute atomic E-state index is 13.3. The Morgan fingerprint density at radius 1 is 0.950 bits per heavy atom. The Hall–Kier alpha value is -2.05. The third-order valence-electron chi connectivity index (χ3n) is 2.67. The number of hydrogen-bond acceptors (Lipinski definition) is 1. The third-order valence-corrected chi connectivity index (χ3v) is 2.67. The average molecular weight is 287 g/mol. The van der Waals surface area contributed by atoms with Crippen LogP contribution in [0.4, 0.5) is 21.7 Å². The Labute approximate surface area is 112 Å². The summed E-state index contributed by atoms with van der Waals surface area (Å²) in [5.41, 5.74) is -0.944. The number of ether oxygens (including phenoxy) is 1. The molecule has 20 heavy (non-hydrogen) atoms. The Balaban J connectivity index is 2.25. The average Bonchev–Trinajstić information content (AvgIpc) is 2.36. The van der Waals surface area contributed by atoms with E-state index in [2.05, 4.69) is 0 Å². The predicted octanol–water partition coefficient (Wildman–Crippen LogP) is 3.60. The molecule has 0 saturated carbocycles. The maximum Gasteiger partial charge on any atom is 0.513 e. The van der Waals surface area contributed by atoms with Crippen LogP contribution in [-0.2, 0) is 6.61 Å². The molecule has 2 aromatic carbocycles. The lowest BCUT2D eigenvalue weighted by Crippen LogP contribution is -2.35. The molecule has 0 heterocycles. The summed E-state index contributed by atoms with van der Waals surface area (Å²) in [7, 11) is 0. The number of rotatable bonds is 4. The van der Waals surface area contributed by atoms with E-state index in [1.807, 2.05) is 0 Å². The minimum atomic E-state index is -5.33. The molecule has 0 radical (unpaired) electrons. The molecule has 2 rings (SSSR count). The van der Waals surface area contributed by atoms with Gasteiger partial charge in [0.2, 0.25) is 0 Å². The third kappa shape index (κ3) is 3.29. The van der Waals surface area contributed by atoms with Crippen LogP contribution in [0.5, 0.6) is 5.75 Å². The second kappa shape index (κ2) is 5.52. The molecule has 0 aliphatic heterocycles. The molecule has 0 bridgehead atoms. The van der Waals surface area contributed by atoms with Gasteiger partial charge in [0.25, 0.3) is 0 Å². The molecule has 1 nitrogen and oxygen atoms in total. The Morgan fingerprint density at radius 3 is 2.30 bits per heavy atom. The molecule has 0 aliphatic carbocycles. The molecule has 0 spiro atoms. The van der Waals surface area contributed by atoms with Gasteiger partial charge in [0.1, 0.15) is 18.2 Å². The van der Waals surface area contributed by atoms with E-state index in [-0.39, 0.29) is 5.56 Å². The van der Waals surface area contributed by atoms with Gasteiger partial charge in [-0.3, -0.25) is 0 Å². The molecule has 2 aromatic rings. The molecule has 0 saturated heterocycles. The number of benzene rings is 2. The van der Waals surface area contributed by atoms with Crippen molar-refractivity contribution < 1.29 is 26.5 Å². The summed E-state index contributed by atoms with van der Waals surface area (Å²) in [6.45, 7) is -5.74. The standard InChI is InChI=1S/C13H9BF5O/c15-10-5-6-11(14(17,18)19)13(7-10)20-8-9-3-1-2-4-12(9)16/h1-7H,8H2/q-1. The van der Waals surface area contributed by atoms with E-state index >= 15 is 0 Å². The lowest BCUT2D eigenvalue weighted by Gasteiger charge is -2.20. The molecular formula is C13H9BF5O-. The van der Waals surface area contributed by atoms with E-state index < -0.39 is 36.4 Å². The van der Waals surface area contributed by atoms with E-state index in [4.69, 9.17) is 4.74 Å². The largest absolute Gasteiger partial charge is 0.513 e. The second-order valence-electron chi connectivity index (χ2n) is 4.14. The molecular weight excluding hydrogens is 278 g/mol. The molecule has 0 atom stereocenters. The minimum absolute atomic E-state index is 0.0948.